The average molecular weight is 489 g/mol. The summed E-state index contributed by atoms with van der Waals surface area (Å²) in [5.74, 6) is -1.24. The highest BCUT2D eigenvalue weighted by atomic mass is 16.2. The number of para-hydroxylation sites is 1. The fourth-order valence-electron chi connectivity index (χ4n) is 5.54. The number of benzene rings is 2. The summed E-state index contributed by atoms with van der Waals surface area (Å²) < 4.78 is 0. The molecular formula is C28H32N4O4. The van der Waals surface area contributed by atoms with Crippen molar-refractivity contribution in [1.29, 1.82) is 0 Å². The van der Waals surface area contributed by atoms with Crippen LogP contribution in [-0.2, 0) is 25.6 Å². The van der Waals surface area contributed by atoms with Crippen molar-refractivity contribution in [3.05, 3.63) is 65.7 Å². The van der Waals surface area contributed by atoms with Gasteiger partial charge in [-0.3, -0.25) is 19.2 Å². The zero-order valence-electron chi connectivity index (χ0n) is 20.3. The Morgan fingerprint density at radius 1 is 0.944 bits per heavy atom. The largest absolute Gasteiger partial charge is 0.344 e. The minimum Gasteiger partial charge on any atom is -0.344 e. The van der Waals surface area contributed by atoms with E-state index in [9.17, 15) is 19.2 Å². The zero-order chi connectivity index (χ0) is 25.1. The third-order valence-corrected chi connectivity index (χ3v) is 7.50. The van der Waals surface area contributed by atoms with Gasteiger partial charge >= 0.3 is 0 Å². The monoisotopic (exact) mass is 488 g/mol. The summed E-state index contributed by atoms with van der Waals surface area (Å²) in [6.45, 7) is 1.34. The lowest BCUT2D eigenvalue weighted by molar-refractivity contribution is -0.133. The van der Waals surface area contributed by atoms with E-state index in [1.165, 1.54) is 0 Å². The van der Waals surface area contributed by atoms with E-state index >= 15 is 0 Å². The van der Waals surface area contributed by atoms with Crippen LogP contribution in [0.15, 0.2) is 54.6 Å². The first-order valence-electron chi connectivity index (χ1n) is 12.8. The van der Waals surface area contributed by atoms with Gasteiger partial charge in [0.1, 0.15) is 18.6 Å². The number of carbonyl (C=O) groups is 4. The topological polar surface area (TPSA) is 98.8 Å². The summed E-state index contributed by atoms with van der Waals surface area (Å²) in [4.78, 5) is 55.7. The first-order chi connectivity index (χ1) is 17.5. The molecule has 8 nitrogen and oxygen atoms in total. The van der Waals surface area contributed by atoms with Crippen LogP contribution < -0.4 is 15.5 Å². The molecule has 8 heteroatoms. The first-order valence-corrected chi connectivity index (χ1v) is 12.8. The van der Waals surface area contributed by atoms with Gasteiger partial charge in [0.05, 0.1) is 0 Å². The number of fused-ring (bicyclic) bond motifs is 1. The van der Waals surface area contributed by atoms with E-state index in [1.807, 2.05) is 59.5 Å². The fraction of sp³-hybridized carbons (Fsp3) is 0.429. The van der Waals surface area contributed by atoms with Gasteiger partial charge in [0.25, 0.3) is 5.91 Å². The Kier molecular flexibility index (Phi) is 7.02. The minimum absolute atomic E-state index is 0.0656. The van der Waals surface area contributed by atoms with E-state index in [4.69, 9.17) is 0 Å². The molecule has 0 aliphatic carbocycles. The quantitative estimate of drug-likeness (QED) is 0.674. The maximum Gasteiger partial charge on any atom is 0.250 e. The second kappa shape index (κ2) is 10.5. The number of hydrogen-bond acceptors (Lipinski definition) is 4. The van der Waals surface area contributed by atoms with Crippen molar-refractivity contribution >= 4 is 29.3 Å². The summed E-state index contributed by atoms with van der Waals surface area (Å²) in [6, 6.07) is 15.8. The van der Waals surface area contributed by atoms with Crippen LogP contribution in [0.1, 0.15) is 49.1 Å². The van der Waals surface area contributed by atoms with E-state index in [-0.39, 0.29) is 36.1 Å². The van der Waals surface area contributed by atoms with Crippen molar-refractivity contribution in [2.45, 2.75) is 56.5 Å². The number of hydrogen-bond donors (Lipinski definition) is 2. The summed E-state index contributed by atoms with van der Waals surface area (Å²) in [5, 5.41) is 5.66. The Labute approximate surface area is 211 Å². The predicted octanol–water partition coefficient (Wildman–Crippen LogP) is 2.14. The highest BCUT2D eigenvalue weighted by Gasteiger charge is 2.41. The molecule has 0 aromatic heterocycles. The van der Waals surface area contributed by atoms with Crippen molar-refractivity contribution in [3.63, 3.8) is 0 Å². The van der Waals surface area contributed by atoms with Crippen molar-refractivity contribution in [3.8, 4) is 0 Å². The molecule has 0 radical (unpaired) electrons. The minimum atomic E-state index is -0.876. The number of anilines is 1. The Bertz CT molecular complexity index is 1150. The predicted molar refractivity (Wildman–Crippen MR) is 135 cm³/mol. The molecule has 36 heavy (non-hydrogen) atoms. The van der Waals surface area contributed by atoms with Crippen LogP contribution >= 0.6 is 0 Å². The van der Waals surface area contributed by atoms with Gasteiger partial charge in [-0.05, 0) is 49.3 Å². The van der Waals surface area contributed by atoms with Crippen LogP contribution in [0.4, 0.5) is 5.69 Å². The fourth-order valence-corrected chi connectivity index (χ4v) is 5.54. The molecular weight excluding hydrogens is 456 g/mol. The molecule has 0 saturated carbocycles. The molecule has 2 saturated heterocycles. The molecule has 2 aromatic rings. The molecule has 0 bridgehead atoms. The molecule has 3 aliphatic rings. The highest BCUT2D eigenvalue weighted by molar-refractivity contribution is 6.05. The lowest BCUT2D eigenvalue weighted by Gasteiger charge is -2.32. The molecule has 4 amide bonds. The van der Waals surface area contributed by atoms with Gasteiger partial charge in [-0.25, -0.2) is 0 Å². The lowest BCUT2D eigenvalue weighted by Crippen LogP contribution is -2.56. The zero-order valence-corrected chi connectivity index (χ0v) is 20.3. The third-order valence-electron chi connectivity index (χ3n) is 7.50. The van der Waals surface area contributed by atoms with Crippen LogP contribution in [-0.4, -0.2) is 60.2 Å². The summed E-state index contributed by atoms with van der Waals surface area (Å²) >= 11 is 0. The second-order valence-electron chi connectivity index (χ2n) is 9.86. The highest BCUT2D eigenvalue weighted by Crippen LogP contribution is 2.35. The Balaban J connectivity index is 1.49. The van der Waals surface area contributed by atoms with E-state index in [1.54, 1.807) is 4.90 Å². The van der Waals surface area contributed by atoms with E-state index < -0.39 is 12.1 Å². The third kappa shape index (κ3) is 4.98. The molecule has 2 fully saturated rings. The Morgan fingerprint density at radius 3 is 2.39 bits per heavy atom. The maximum absolute atomic E-state index is 14.2. The number of carbonyl (C=O) groups excluding carboxylic acids is 4. The number of likely N-dealkylation sites (tertiary alicyclic amines) is 1. The Hall–Kier alpha value is -3.68. The maximum atomic E-state index is 14.2. The van der Waals surface area contributed by atoms with Gasteiger partial charge in [0.15, 0.2) is 0 Å². The summed E-state index contributed by atoms with van der Waals surface area (Å²) in [7, 11) is 0. The molecule has 188 valence electrons. The van der Waals surface area contributed by atoms with Crippen LogP contribution in [0.3, 0.4) is 0 Å². The molecule has 0 unspecified atom stereocenters. The number of piperidine rings is 1. The molecule has 0 spiro atoms. The molecule has 2 N–H and O–H groups in total. The van der Waals surface area contributed by atoms with Crippen molar-refractivity contribution in [1.82, 2.24) is 15.5 Å². The average Bonchev–Trinajstić information content (AvgIpc) is 3.32. The van der Waals surface area contributed by atoms with Gasteiger partial charge in [-0.1, -0.05) is 48.5 Å². The number of amides is 4. The number of nitrogens with one attached hydrogen (secondary N) is 2. The normalized spacial score (nSPS) is 24.1. The van der Waals surface area contributed by atoms with E-state index in [0.717, 1.165) is 30.4 Å². The van der Waals surface area contributed by atoms with Crippen LogP contribution in [0.25, 0.3) is 0 Å². The SMILES string of the molecule is O=C1CC[C@@H](C(=O)N[C@@H]2C(=O)N(CC(=O)N3CCCCC3)c3ccccc3C[C@@H]2c2ccccc2)N1. The molecule has 3 atom stereocenters. The number of rotatable bonds is 5. The van der Waals surface area contributed by atoms with Crippen molar-refractivity contribution in [2.24, 2.45) is 0 Å². The standard InChI is InChI=1S/C28H32N4O4/c33-24-14-13-22(29-24)27(35)30-26-21(19-9-3-1-4-10-19)17-20-11-5-6-12-23(20)32(28(26)36)18-25(34)31-15-7-2-8-16-31/h1,3-6,9-12,21-22,26H,2,7-8,13-18H2,(H,29,33)(H,30,35)/t21-,22+,26+/m1/s1. The smallest absolute Gasteiger partial charge is 0.250 e. The summed E-state index contributed by atoms with van der Waals surface area (Å²) in [5.41, 5.74) is 2.60. The van der Waals surface area contributed by atoms with Gasteiger partial charge in [-0.15, -0.1) is 0 Å². The van der Waals surface area contributed by atoms with Crippen molar-refractivity contribution < 1.29 is 19.2 Å². The van der Waals surface area contributed by atoms with Crippen LogP contribution in [0, 0.1) is 0 Å². The molecule has 2 aromatic carbocycles. The van der Waals surface area contributed by atoms with Gasteiger partial charge in [0, 0.05) is 31.1 Å². The first kappa shape index (κ1) is 24.0. The van der Waals surface area contributed by atoms with Crippen LogP contribution in [0.2, 0.25) is 0 Å². The van der Waals surface area contributed by atoms with Gasteiger partial charge in [-0.2, -0.15) is 0 Å². The lowest BCUT2D eigenvalue weighted by atomic mass is 9.86. The van der Waals surface area contributed by atoms with Gasteiger partial charge < -0.3 is 20.4 Å². The second-order valence-corrected chi connectivity index (χ2v) is 9.86. The van der Waals surface area contributed by atoms with Crippen molar-refractivity contribution in [2.75, 3.05) is 24.5 Å². The molecule has 3 heterocycles. The molecule has 5 rings (SSSR count). The molecule has 3 aliphatic heterocycles. The van der Waals surface area contributed by atoms with E-state index in [0.29, 0.717) is 38.0 Å². The van der Waals surface area contributed by atoms with Crippen LogP contribution in [0.5, 0.6) is 0 Å². The van der Waals surface area contributed by atoms with Gasteiger partial charge in [0.2, 0.25) is 17.7 Å². The number of nitrogens with zero attached hydrogens (tertiary/aromatic N) is 2. The summed E-state index contributed by atoms with van der Waals surface area (Å²) in [6.07, 6.45) is 4.28. The Morgan fingerprint density at radius 2 is 1.67 bits per heavy atom. The van der Waals surface area contributed by atoms with E-state index in [2.05, 4.69) is 10.6 Å².